The Balaban J connectivity index is 2.49. The van der Waals surface area contributed by atoms with Crippen LogP contribution in [0.1, 0.15) is 33.1 Å². The van der Waals surface area contributed by atoms with Crippen LogP contribution in [0.15, 0.2) is 5.16 Å². The Hall–Kier alpha value is -1.26. The lowest BCUT2D eigenvalue weighted by molar-refractivity contribution is -0.125. The maximum absolute atomic E-state index is 11.6. The Morgan fingerprint density at radius 3 is 2.57 bits per heavy atom. The maximum Gasteiger partial charge on any atom is 0.230 e. The summed E-state index contributed by atoms with van der Waals surface area (Å²) in [5.74, 6) is -0.801. The number of nitrogens with two attached hydrogens (primary N) is 1. The molecule has 0 spiro atoms. The third kappa shape index (κ3) is 2.16. The summed E-state index contributed by atoms with van der Waals surface area (Å²) in [6, 6.07) is 0. The largest absolute Gasteiger partial charge is 0.409 e. The van der Waals surface area contributed by atoms with Crippen LogP contribution >= 0.6 is 0 Å². The van der Waals surface area contributed by atoms with Crippen molar-refractivity contribution in [1.29, 1.82) is 0 Å². The highest BCUT2D eigenvalue weighted by atomic mass is 16.4. The van der Waals surface area contributed by atoms with E-state index in [0.717, 1.165) is 19.3 Å². The molecular formula is C9H17N3O2. The van der Waals surface area contributed by atoms with E-state index in [2.05, 4.69) is 10.5 Å². The molecule has 4 N–H and O–H groups in total. The maximum atomic E-state index is 11.6. The molecule has 0 aromatic rings. The molecule has 1 aliphatic carbocycles. The van der Waals surface area contributed by atoms with Gasteiger partial charge in [-0.25, -0.2) is 0 Å². The summed E-state index contributed by atoms with van der Waals surface area (Å²) in [5.41, 5.74) is 5.25. The first-order chi connectivity index (χ1) is 6.48. The summed E-state index contributed by atoms with van der Waals surface area (Å²) in [4.78, 5) is 11.6. The second-order valence-corrected chi connectivity index (χ2v) is 4.15. The number of carbonyl (C=O) groups is 1. The minimum Gasteiger partial charge on any atom is -0.409 e. The van der Waals surface area contributed by atoms with E-state index in [1.165, 1.54) is 0 Å². The average Bonchev–Trinajstić information content (AvgIpc) is 2.12. The van der Waals surface area contributed by atoms with Gasteiger partial charge in [0.05, 0.1) is 5.92 Å². The van der Waals surface area contributed by atoms with Crippen LogP contribution in [0.2, 0.25) is 0 Å². The predicted molar refractivity (Wildman–Crippen MR) is 53.0 cm³/mol. The highest BCUT2D eigenvalue weighted by molar-refractivity contribution is 6.01. The minimum atomic E-state index is -0.572. The molecule has 0 bridgehead atoms. The van der Waals surface area contributed by atoms with Crippen LogP contribution in [-0.4, -0.2) is 22.5 Å². The van der Waals surface area contributed by atoms with E-state index >= 15 is 0 Å². The summed E-state index contributed by atoms with van der Waals surface area (Å²) in [6.45, 7) is 3.62. The van der Waals surface area contributed by atoms with Gasteiger partial charge in [0.25, 0.3) is 0 Å². The summed E-state index contributed by atoms with van der Waals surface area (Å²) in [5, 5.41) is 14.1. The van der Waals surface area contributed by atoms with E-state index in [0.29, 0.717) is 0 Å². The molecule has 0 saturated heterocycles. The molecule has 5 nitrogen and oxygen atoms in total. The van der Waals surface area contributed by atoms with Crippen LogP contribution < -0.4 is 11.1 Å². The quantitative estimate of drug-likeness (QED) is 0.266. The summed E-state index contributed by atoms with van der Waals surface area (Å²) >= 11 is 0. The number of amides is 1. The number of nitrogens with zero attached hydrogens (tertiary/aromatic N) is 1. The zero-order valence-electron chi connectivity index (χ0n) is 8.58. The van der Waals surface area contributed by atoms with Crippen LogP contribution in [0.5, 0.6) is 0 Å². The zero-order chi connectivity index (χ0) is 10.8. The second-order valence-electron chi connectivity index (χ2n) is 4.15. The van der Waals surface area contributed by atoms with Crippen LogP contribution in [0, 0.1) is 5.92 Å². The van der Waals surface area contributed by atoms with Crippen LogP contribution in [-0.2, 0) is 4.79 Å². The molecule has 1 rings (SSSR count). The van der Waals surface area contributed by atoms with E-state index in [4.69, 9.17) is 10.9 Å². The highest BCUT2D eigenvalue weighted by Gasteiger charge is 2.34. The van der Waals surface area contributed by atoms with Gasteiger partial charge >= 0.3 is 0 Å². The first-order valence-electron chi connectivity index (χ1n) is 4.78. The van der Waals surface area contributed by atoms with Crippen molar-refractivity contribution in [3.63, 3.8) is 0 Å². The fourth-order valence-electron chi connectivity index (χ4n) is 1.46. The first-order valence-corrected chi connectivity index (χ1v) is 4.78. The fraction of sp³-hybridized carbons (Fsp3) is 0.778. The Kier molecular flexibility index (Phi) is 2.98. The van der Waals surface area contributed by atoms with E-state index < -0.39 is 5.92 Å². The topological polar surface area (TPSA) is 87.7 Å². The number of amidine groups is 1. The minimum absolute atomic E-state index is 0.0505. The lowest BCUT2D eigenvalue weighted by Gasteiger charge is -2.39. The lowest BCUT2D eigenvalue weighted by Crippen LogP contribution is -2.53. The SMILES string of the molecule is CC(C(=O)NC1(C)CCC1)C(N)=NO. The van der Waals surface area contributed by atoms with Gasteiger partial charge in [0.2, 0.25) is 5.91 Å². The monoisotopic (exact) mass is 199 g/mol. The van der Waals surface area contributed by atoms with E-state index in [1.54, 1.807) is 6.92 Å². The molecule has 0 heterocycles. The molecule has 1 amide bonds. The van der Waals surface area contributed by atoms with Gasteiger partial charge in [-0.15, -0.1) is 0 Å². The summed E-state index contributed by atoms with van der Waals surface area (Å²) < 4.78 is 0. The standard InChI is InChI=1S/C9H17N3O2/c1-6(7(10)12-14)8(13)11-9(2)4-3-5-9/h6,14H,3-5H2,1-2H3,(H2,10,12)(H,11,13). The molecule has 0 radical (unpaired) electrons. The van der Waals surface area contributed by atoms with Gasteiger partial charge in [-0.2, -0.15) is 0 Å². The van der Waals surface area contributed by atoms with Gasteiger partial charge < -0.3 is 16.3 Å². The van der Waals surface area contributed by atoms with E-state index in [9.17, 15) is 4.79 Å². The molecule has 5 heteroatoms. The molecule has 0 aliphatic heterocycles. The van der Waals surface area contributed by atoms with Crippen molar-refractivity contribution in [3.05, 3.63) is 0 Å². The van der Waals surface area contributed by atoms with Crippen molar-refractivity contribution in [2.45, 2.75) is 38.6 Å². The predicted octanol–water partition coefficient (Wildman–Crippen LogP) is 0.428. The molecule has 14 heavy (non-hydrogen) atoms. The van der Waals surface area contributed by atoms with E-state index in [-0.39, 0.29) is 17.3 Å². The number of rotatable bonds is 3. The van der Waals surface area contributed by atoms with Crippen LogP contribution in [0.4, 0.5) is 0 Å². The summed E-state index contributed by atoms with van der Waals surface area (Å²) in [6.07, 6.45) is 3.15. The van der Waals surface area contributed by atoms with Crippen molar-refractivity contribution >= 4 is 11.7 Å². The number of hydrogen-bond donors (Lipinski definition) is 3. The molecule has 0 aromatic carbocycles. The Morgan fingerprint density at radius 2 is 2.21 bits per heavy atom. The number of hydrogen-bond acceptors (Lipinski definition) is 3. The average molecular weight is 199 g/mol. The van der Waals surface area contributed by atoms with E-state index in [1.807, 2.05) is 6.92 Å². The molecule has 1 unspecified atom stereocenters. The molecule has 80 valence electrons. The Morgan fingerprint density at radius 1 is 1.64 bits per heavy atom. The van der Waals surface area contributed by atoms with Crippen LogP contribution in [0.25, 0.3) is 0 Å². The van der Waals surface area contributed by atoms with Gasteiger partial charge in [-0.1, -0.05) is 5.16 Å². The van der Waals surface area contributed by atoms with Gasteiger partial charge in [-0.05, 0) is 33.1 Å². The third-order valence-corrected chi connectivity index (χ3v) is 2.83. The number of oxime groups is 1. The molecule has 1 atom stereocenters. The highest BCUT2D eigenvalue weighted by Crippen LogP contribution is 2.31. The molecular weight excluding hydrogens is 182 g/mol. The van der Waals surface area contributed by atoms with Gasteiger partial charge in [0.1, 0.15) is 0 Å². The smallest absolute Gasteiger partial charge is 0.230 e. The third-order valence-electron chi connectivity index (χ3n) is 2.83. The first kappa shape index (κ1) is 10.8. The molecule has 1 aliphatic rings. The van der Waals surface area contributed by atoms with Crippen molar-refractivity contribution in [2.24, 2.45) is 16.8 Å². The molecule has 0 aromatic heterocycles. The van der Waals surface area contributed by atoms with Crippen molar-refractivity contribution in [3.8, 4) is 0 Å². The Labute approximate surface area is 83.3 Å². The summed E-state index contributed by atoms with van der Waals surface area (Å²) in [7, 11) is 0. The van der Waals surface area contributed by atoms with Gasteiger partial charge in [0.15, 0.2) is 5.84 Å². The Bertz CT molecular complexity index is 259. The van der Waals surface area contributed by atoms with Crippen LogP contribution in [0.3, 0.4) is 0 Å². The van der Waals surface area contributed by atoms with Crippen molar-refractivity contribution in [1.82, 2.24) is 5.32 Å². The number of nitrogens with one attached hydrogen (secondary N) is 1. The lowest BCUT2D eigenvalue weighted by atomic mass is 9.78. The fourth-order valence-corrected chi connectivity index (χ4v) is 1.46. The van der Waals surface area contributed by atoms with Crippen molar-refractivity contribution < 1.29 is 10.0 Å². The zero-order valence-corrected chi connectivity index (χ0v) is 8.58. The molecule has 1 saturated carbocycles. The molecule has 1 fully saturated rings. The van der Waals surface area contributed by atoms with Gasteiger partial charge in [0, 0.05) is 5.54 Å². The normalized spacial score (nSPS) is 22.3. The van der Waals surface area contributed by atoms with Gasteiger partial charge in [-0.3, -0.25) is 4.79 Å². The number of carbonyl (C=O) groups excluding carboxylic acids is 1. The van der Waals surface area contributed by atoms with Crippen molar-refractivity contribution in [2.75, 3.05) is 0 Å². The second kappa shape index (κ2) is 3.86.